The Kier molecular flexibility index (Phi) is 9.16. The van der Waals surface area contributed by atoms with Crippen molar-refractivity contribution in [1.29, 1.82) is 0 Å². The van der Waals surface area contributed by atoms with E-state index in [0.29, 0.717) is 10.4 Å². The van der Waals surface area contributed by atoms with Crippen molar-refractivity contribution in [3.63, 3.8) is 0 Å². The van der Waals surface area contributed by atoms with Gasteiger partial charge in [0.1, 0.15) is 6.04 Å². The van der Waals surface area contributed by atoms with E-state index in [-0.39, 0.29) is 47.2 Å². The summed E-state index contributed by atoms with van der Waals surface area (Å²) in [6.07, 6.45) is 1.42. The van der Waals surface area contributed by atoms with E-state index in [1.165, 1.54) is 31.8 Å². The van der Waals surface area contributed by atoms with Crippen molar-refractivity contribution >= 4 is 52.1 Å². The predicted octanol–water partition coefficient (Wildman–Crippen LogP) is 2.40. The average Bonchev–Trinajstić information content (AvgIpc) is 3.38. The summed E-state index contributed by atoms with van der Waals surface area (Å²) >= 11 is 1.22. The first-order chi connectivity index (χ1) is 18.4. The second-order valence-electron chi connectivity index (χ2n) is 9.28. The van der Waals surface area contributed by atoms with Crippen LogP contribution in [0.2, 0.25) is 0 Å². The van der Waals surface area contributed by atoms with E-state index in [2.05, 4.69) is 42.2 Å². The maximum Gasteiger partial charge on any atom is 0.328 e. The molecule has 0 saturated heterocycles. The highest BCUT2D eigenvalue weighted by atomic mass is 32.1. The smallest absolute Gasteiger partial charge is 0.328 e. The van der Waals surface area contributed by atoms with Crippen molar-refractivity contribution in [2.24, 2.45) is 5.41 Å². The molecule has 0 aliphatic rings. The number of hydrogen-bond acceptors (Lipinski definition) is 11. The summed E-state index contributed by atoms with van der Waals surface area (Å²) < 4.78 is 9.28. The molecular formula is C26H27N5O7S. The highest BCUT2D eigenvalue weighted by Gasteiger charge is 2.24. The zero-order valence-corrected chi connectivity index (χ0v) is 22.8. The molecule has 39 heavy (non-hydrogen) atoms. The van der Waals surface area contributed by atoms with Crippen molar-refractivity contribution in [2.45, 2.75) is 39.7 Å². The van der Waals surface area contributed by atoms with Gasteiger partial charge >= 0.3 is 11.9 Å². The van der Waals surface area contributed by atoms with Crippen LogP contribution in [0, 0.1) is 17.3 Å². The van der Waals surface area contributed by atoms with E-state index in [4.69, 9.17) is 4.74 Å². The molecule has 0 bridgehead atoms. The lowest BCUT2D eigenvalue weighted by Gasteiger charge is -2.16. The molecule has 0 aliphatic heterocycles. The van der Waals surface area contributed by atoms with Crippen LogP contribution in [0.1, 0.15) is 54.4 Å². The van der Waals surface area contributed by atoms with E-state index >= 15 is 0 Å². The number of aromatic nitrogens is 3. The Morgan fingerprint density at radius 2 is 1.85 bits per heavy atom. The molecule has 3 aromatic heterocycles. The van der Waals surface area contributed by atoms with Gasteiger partial charge in [-0.2, -0.15) is 9.97 Å². The van der Waals surface area contributed by atoms with E-state index in [0.717, 1.165) is 0 Å². The summed E-state index contributed by atoms with van der Waals surface area (Å²) in [5, 5.41) is 17.3. The number of nitrogens with zero attached hydrogens (tertiary/aromatic N) is 3. The highest BCUT2D eigenvalue weighted by Crippen LogP contribution is 2.24. The molecule has 3 rings (SSSR count). The first kappa shape index (κ1) is 29.0. The van der Waals surface area contributed by atoms with Crippen LogP contribution in [0.3, 0.4) is 0 Å². The number of methoxy groups -OCH3 is 2. The number of carbonyl (C=O) groups is 4. The lowest BCUT2D eigenvalue weighted by atomic mass is 9.96. The van der Waals surface area contributed by atoms with E-state index in [9.17, 15) is 24.3 Å². The van der Waals surface area contributed by atoms with E-state index in [1.54, 1.807) is 38.3 Å². The minimum atomic E-state index is -1.02. The molecule has 0 spiro atoms. The van der Waals surface area contributed by atoms with Crippen molar-refractivity contribution in [3.05, 3.63) is 39.7 Å². The third-order valence-electron chi connectivity index (χ3n) is 5.29. The fourth-order valence-corrected chi connectivity index (χ4v) is 3.80. The quantitative estimate of drug-likeness (QED) is 0.292. The molecule has 2 amide bonds. The maximum atomic E-state index is 12.7. The molecule has 0 unspecified atom stereocenters. The summed E-state index contributed by atoms with van der Waals surface area (Å²) in [5.41, 5.74) is 0.251. The molecule has 204 valence electrons. The standard InChI is InChI=1S/C26H27N5O7S/c1-26(2,3)24(36)31-25-29-20-17(22(34)30-25)10-14(12-27-20)6-7-16-11-15(13-39-16)21(33)28-18(23(35)38-5)8-9-19(32)37-4/h10-13,18H,8-9H2,1-5H3,(H,28,33)(H2,27,29,30,31,34,36)/t18-/m0/s1. The first-order valence-corrected chi connectivity index (χ1v) is 12.5. The van der Waals surface area contributed by atoms with Crippen molar-refractivity contribution < 1.29 is 33.8 Å². The van der Waals surface area contributed by atoms with Crippen LogP contribution in [0.25, 0.3) is 11.0 Å². The van der Waals surface area contributed by atoms with Crippen LogP contribution >= 0.6 is 11.3 Å². The van der Waals surface area contributed by atoms with Crippen molar-refractivity contribution in [1.82, 2.24) is 20.3 Å². The lowest BCUT2D eigenvalue weighted by Crippen LogP contribution is -2.41. The molecule has 0 aliphatic carbocycles. The molecular weight excluding hydrogens is 526 g/mol. The predicted molar refractivity (Wildman–Crippen MR) is 142 cm³/mol. The number of hydrogen-bond donors (Lipinski definition) is 3. The Labute approximate surface area is 228 Å². The number of rotatable bonds is 7. The Morgan fingerprint density at radius 3 is 2.51 bits per heavy atom. The van der Waals surface area contributed by atoms with Crippen molar-refractivity contribution in [2.75, 3.05) is 19.5 Å². The number of carbonyl (C=O) groups excluding carboxylic acids is 4. The van der Waals surface area contributed by atoms with Gasteiger partial charge in [0.2, 0.25) is 17.7 Å². The van der Waals surface area contributed by atoms with Crippen LogP contribution in [-0.2, 0) is 23.9 Å². The fraction of sp³-hybridized carbons (Fsp3) is 0.346. The summed E-state index contributed by atoms with van der Waals surface area (Å²) in [7, 11) is 2.42. The second-order valence-corrected chi connectivity index (χ2v) is 10.2. The van der Waals surface area contributed by atoms with E-state index in [1.807, 2.05) is 0 Å². The number of nitrogens with one attached hydrogen (secondary N) is 2. The molecule has 3 aromatic rings. The maximum absolute atomic E-state index is 12.7. The molecule has 0 saturated carbocycles. The Balaban J connectivity index is 1.73. The van der Waals surface area contributed by atoms with Gasteiger partial charge in [-0.05, 0) is 18.6 Å². The number of fused-ring (bicyclic) bond motifs is 1. The first-order valence-electron chi connectivity index (χ1n) is 11.7. The second kappa shape index (κ2) is 12.3. The molecule has 0 aromatic carbocycles. The van der Waals surface area contributed by atoms with Crippen molar-refractivity contribution in [3.8, 4) is 17.7 Å². The number of esters is 2. The highest BCUT2D eigenvalue weighted by molar-refractivity contribution is 7.10. The third-order valence-corrected chi connectivity index (χ3v) is 6.13. The number of ether oxygens (including phenoxy) is 2. The molecule has 12 nitrogen and oxygen atoms in total. The van der Waals surface area contributed by atoms with Crippen LogP contribution in [-0.4, -0.2) is 64.1 Å². The summed E-state index contributed by atoms with van der Waals surface area (Å²) in [6.45, 7) is 5.21. The molecule has 3 N–H and O–H groups in total. The minimum Gasteiger partial charge on any atom is -0.493 e. The molecule has 13 heteroatoms. The van der Waals surface area contributed by atoms with Gasteiger partial charge in [-0.3, -0.25) is 19.7 Å². The van der Waals surface area contributed by atoms with Gasteiger partial charge in [-0.25, -0.2) is 9.78 Å². The zero-order chi connectivity index (χ0) is 28.7. The molecule has 0 radical (unpaired) electrons. The summed E-state index contributed by atoms with van der Waals surface area (Å²) in [6, 6.07) is 2.10. The average molecular weight is 554 g/mol. The number of aromatic hydroxyl groups is 1. The largest absolute Gasteiger partial charge is 0.493 e. The topological polar surface area (TPSA) is 170 Å². The normalized spacial score (nSPS) is 11.6. The van der Waals surface area contributed by atoms with Gasteiger partial charge in [-0.15, -0.1) is 11.3 Å². The third kappa shape index (κ3) is 7.71. The Bertz CT molecular complexity index is 1480. The number of anilines is 1. The molecule has 3 heterocycles. The Morgan fingerprint density at radius 1 is 1.10 bits per heavy atom. The van der Waals surface area contributed by atoms with Gasteiger partial charge in [-0.1, -0.05) is 32.6 Å². The van der Waals surface area contributed by atoms with Gasteiger partial charge in [0.25, 0.3) is 5.91 Å². The van der Waals surface area contributed by atoms with E-state index < -0.39 is 29.3 Å². The lowest BCUT2D eigenvalue weighted by molar-refractivity contribution is -0.144. The molecule has 0 fully saturated rings. The summed E-state index contributed by atoms with van der Waals surface area (Å²) in [5.74, 6) is 3.39. The van der Waals surface area contributed by atoms with Crippen LogP contribution in [0.4, 0.5) is 5.95 Å². The van der Waals surface area contributed by atoms with Gasteiger partial charge in [0, 0.05) is 29.0 Å². The molecule has 1 atom stereocenters. The number of thiophene rings is 1. The monoisotopic (exact) mass is 553 g/mol. The minimum absolute atomic E-state index is 0.0257. The Hall–Kier alpha value is -4.57. The number of amides is 2. The zero-order valence-electron chi connectivity index (χ0n) is 21.9. The fourth-order valence-electron chi connectivity index (χ4n) is 3.06. The van der Waals surface area contributed by atoms with Crippen LogP contribution < -0.4 is 10.6 Å². The van der Waals surface area contributed by atoms with Crippen LogP contribution in [0.15, 0.2) is 23.7 Å². The van der Waals surface area contributed by atoms with Gasteiger partial charge in [0.15, 0.2) is 5.65 Å². The van der Waals surface area contributed by atoms with Gasteiger partial charge < -0.3 is 19.9 Å². The SMILES string of the molecule is COC(=O)CC[C@H](NC(=O)c1csc(C#Cc2cnc3nc(NC(=O)C(C)(C)C)nc(O)c3c2)c1)C(=O)OC. The summed E-state index contributed by atoms with van der Waals surface area (Å²) in [4.78, 5) is 61.1. The number of pyridine rings is 1. The van der Waals surface area contributed by atoms with Crippen LogP contribution in [0.5, 0.6) is 5.88 Å². The van der Waals surface area contributed by atoms with Gasteiger partial charge in [0.05, 0.1) is 30.0 Å².